The summed E-state index contributed by atoms with van der Waals surface area (Å²) in [6.45, 7) is 0. The molecular weight excluding hydrogens is 228 g/mol. The van der Waals surface area contributed by atoms with Gasteiger partial charge in [-0.05, 0) is 24.3 Å². The third-order valence-electron chi connectivity index (χ3n) is 3.00. The van der Waals surface area contributed by atoms with Crippen LogP contribution >= 0.6 is 11.3 Å². The Morgan fingerprint density at radius 2 is 1.94 bits per heavy atom. The quantitative estimate of drug-likeness (QED) is 0.461. The molecule has 0 aliphatic carbocycles. The highest BCUT2D eigenvalue weighted by Gasteiger charge is 2.06. The van der Waals surface area contributed by atoms with E-state index >= 15 is 0 Å². The molecule has 0 saturated carbocycles. The number of thiophene rings is 1. The van der Waals surface area contributed by atoms with E-state index in [2.05, 4.69) is 34.2 Å². The zero-order chi connectivity index (χ0) is 11.2. The van der Waals surface area contributed by atoms with Crippen LogP contribution in [0.4, 0.5) is 0 Å². The Labute approximate surface area is 102 Å². The molecule has 0 radical (unpaired) electrons. The molecule has 0 aliphatic rings. The van der Waals surface area contributed by atoms with Crippen LogP contribution in [0.2, 0.25) is 0 Å². The fourth-order valence-electron chi connectivity index (χ4n) is 2.20. The van der Waals surface area contributed by atoms with Crippen molar-refractivity contribution < 1.29 is 0 Å². The maximum absolute atomic E-state index is 4.39. The van der Waals surface area contributed by atoms with Gasteiger partial charge in [0.05, 0.1) is 10.2 Å². The summed E-state index contributed by atoms with van der Waals surface area (Å²) < 4.78 is 2.51. The summed E-state index contributed by atoms with van der Waals surface area (Å²) in [6.07, 6.45) is 5.61. The molecule has 3 heteroatoms. The van der Waals surface area contributed by atoms with Gasteiger partial charge in [-0.15, -0.1) is 11.3 Å². The van der Waals surface area contributed by atoms with E-state index in [9.17, 15) is 0 Å². The number of rotatable bonds is 0. The van der Waals surface area contributed by atoms with Crippen LogP contribution in [0.5, 0.6) is 0 Å². The van der Waals surface area contributed by atoms with Crippen LogP contribution in [0.3, 0.4) is 0 Å². The Bertz CT molecular complexity index is 842. The van der Waals surface area contributed by atoms with E-state index in [0.717, 1.165) is 5.52 Å². The molecule has 0 atom stereocenters. The van der Waals surface area contributed by atoms with Gasteiger partial charge < -0.3 is 0 Å². The monoisotopic (exact) mass is 236 g/mol. The molecule has 2 nitrogen and oxygen atoms in total. The first kappa shape index (κ1) is 9.07. The van der Waals surface area contributed by atoms with Crippen molar-refractivity contribution in [2.45, 2.75) is 0 Å². The standard InChI is InChI=1S/C14H8N2S/c1-2-9-6-11-10-3-5-15-8-14(10)17-13(11)7-12(9)16-4-1/h1-8H. The molecule has 80 valence electrons. The fraction of sp³-hybridized carbons (Fsp3) is 0. The molecule has 3 aromatic heterocycles. The van der Waals surface area contributed by atoms with Crippen LogP contribution in [-0.4, -0.2) is 9.97 Å². The molecule has 0 amide bonds. The molecule has 4 aromatic rings. The van der Waals surface area contributed by atoms with Crippen molar-refractivity contribution in [3.8, 4) is 0 Å². The van der Waals surface area contributed by atoms with Crippen LogP contribution < -0.4 is 0 Å². The predicted octanol–water partition coefficient (Wildman–Crippen LogP) is 4.00. The van der Waals surface area contributed by atoms with Crippen LogP contribution in [0, 0.1) is 0 Å². The minimum atomic E-state index is 1.06. The van der Waals surface area contributed by atoms with Gasteiger partial charge in [-0.1, -0.05) is 6.07 Å². The van der Waals surface area contributed by atoms with Crippen molar-refractivity contribution in [2.24, 2.45) is 0 Å². The van der Waals surface area contributed by atoms with Crippen LogP contribution in [0.25, 0.3) is 31.1 Å². The van der Waals surface area contributed by atoms with Crippen molar-refractivity contribution >= 4 is 42.4 Å². The average molecular weight is 236 g/mol. The summed E-state index contributed by atoms with van der Waals surface area (Å²) in [6, 6.07) is 10.5. The van der Waals surface area contributed by atoms with Crippen molar-refractivity contribution in [3.63, 3.8) is 0 Å². The first-order valence-electron chi connectivity index (χ1n) is 5.43. The largest absolute Gasteiger partial charge is 0.263 e. The number of hydrogen-bond donors (Lipinski definition) is 0. The van der Waals surface area contributed by atoms with E-state index < -0.39 is 0 Å². The molecule has 0 fully saturated rings. The molecular formula is C14H8N2S. The van der Waals surface area contributed by atoms with E-state index in [-0.39, 0.29) is 0 Å². The predicted molar refractivity (Wildman–Crippen MR) is 72.4 cm³/mol. The van der Waals surface area contributed by atoms with Gasteiger partial charge in [0.2, 0.25) is 0 Å². The third kappa shape index (κ3) is 1.26. The lowest BCUT2D eigenvalue weighted by atomic mass is 10.1. The minimum Gasteiger partial charge on any atom is -0.263 e. The van der Waals surface area contributed by atoms with Gasteiger partial charge in [-0.3, -0.25) is 9.97 Å². The molecule has 0 N–H and O–H groups in total. The third-order valence-corrected chi connectivity index (χ3v) is 4.10. The van der Waals surface area contributed by atoms with Crippen LogP contribution in [-0.2, 0) is 0 Å². The van der Waals surface area contributed by atoms with Gasteiger partial charge >= 0.3 is 0 Å². The minimum absolute atomic E-state index is 1.06. The fourth-order valence-corrected chi connectivity index (χ4v) is 3.29. The highest BCUT2D eigenvalue weighted by molar-refractivity contribution is 7.25. The Balaban J connectivity index is 2.28. The maximum atomic E-state index is 4.39. The number of aromatic nitrogens is 2. The summed E-state index contributed by atoms with van der Waals surface area (Å²) in [5.41, 5.74) is 1.06. The summed E-state index contributed by atoms with van der Waals surface area (Å²) in [7, 11) is 0. The van der Waals surface area contributed by atoms with Crippen molar-refractivity contribution in [3.05, 3.63) is 48.9 Å². The van der Waals surface area contributed by atoms with Gasteiger partial charge in [0.1, 0.15) is 0 Å². The van der Waals surface area contributed by atoms with E-state index in [1.165, 1.54) is 25.6 Å². The van der Waals surface area contributed by atoms with E-state index in [1.807, 2.05) is 24.7 Å². The molecule has 0 spiro atoms. The summed E-state index contributed by atoms with van der Waals surface area (Å²) in [4.78, 5) is 8.57. The summed E-state index contributed by atoms with van der Waals surface area (Å²) in [5, 5.41) is 3.77. The number of benzene rings is 1. The van der Waals surface area contributed by atoms with Gasteiger partial charge in [-0.2, -0.15) is 0 Å². The molecule has 17 heavy (non-hydrogen) atoms. The molecule has 4 rings (SSSR count). The van der Waals surface area contributed by atoms with Crippen LogP contribution in [0.1, 0.15) is 0 Å². The first-order valence-corrected chi connectivity index (χ1v) is 6.24. The SMILES string of the molecule is c1cnc2cc3sc4cnccc4c3cc2c1. The van der Waals surface area contributed by atoms with Gasteiger partial charge in [0, 0.05) is 39.4 Å². The lowest BCUT2D eigenvalue weighted by Crippen LogP contribution is -1.76. The molecule has 0 aliphatic heterocycles. The van der Waals surface area contributed by atoms with E-state index in [1.54, 1.807) is 11.3 Å². The molecule has 3 heterocycles. The van der Waals surface area contributed by atoms with Crippen molar-refractivity contribution in [1.29, 1.82) is 0 Å². The Kier molecular flexibility index (Phi) is 1.73. The van der Waals surface area contributed by atoms with Gasteiger partial charge in [0.15, 0.2) is 0 Å². The van der Waals surface area contributed by atoms with Crippen molar-refractivity contribution in [1.82, 2.24) is 9.97 Å². The summed E-state index contributed by atoms with van der Waals surface area (Å²) >= 11 is 1.77. The second-order valence-corrected chi connectivity index (χ2v) is 5.10. The summed E-state index contributed by atoms with van der Waals surface area (Å²) in [5.74, 6) is 0. The van der Waals surface area contributed by atoms with Crippen molar-refractivity contribution in [2.75, 3.05) is 0 Å². The highest BCUT2D eigenvalue weighted by atomic mass is 32.1. The van der Waals surface area contributed by atoms with Gasteiger partial charge in [0.25, 0.3) is 0 Å². The first-order chi connectivity index (χ1) is 8.42. The second-order valence-electron chi connectivity index (χ2n) is 4.02. The molecule has 1 aromatic carbocycles. The number of fused-ring (bicyclic) bond motifs is 4. The number of pyridine rings is 2. The molecule has 0 saturated heterocycles. The smallest absolute Gasteiger partial charge is 0.0716 e. The molecule has 0 unspecified atom stereocenters. The average Bonchev–Trinajstić information content (AvgIpc) is 2.73. The number of nitrogens with zero attached hydrogens (tertiary/aromatic N) is 2. The second kappa shape index (κ2) is 3.25. The Morgan fingerprint density at radius 3 is 2.94 bits per heavy atom. The highest BCUT2D eigenvalue weighted by Crippen LogP contribution is 2.35. The lowest BCUT2D eigenvalue weighted by Gasteiger charge is -1.96. The zero-order valence-corrected chi connectivity index (χ0v) is 9.74. The lowest BCUT2D eigenvalue weighted by molar-refractivity contribution is 1.37. The normalized spacial score (nSPS) is 11.5. The number of hydrogen-bond acceptors (Lipinski definition) is 3. The zero-order valence-electron chi connectivity index (χ0n) is 8.92. The Hall–Kier alpha value is -2.00. The maximum Gasteiger partial charge on any atom is 0.0716 e. The van der Waals surface area contributed by atoms with Gasteiger partial charge in [-0.25, -0.2) is 0 Å². The van der Waals surface area contributed by atoms with Crippen LogP contribution in [0.15, 0.2) is 48.9 Å². The van der Waals surface area contributed by atoms with E-state index in [4.69, 9.17) is 0 Å². The molecule has 0 bridgehead atoms. The topological polar surface area (TPSA) is 25.8 Å². The van der Waals surface area contributed by atoms with E-state index in [0.29, 0.717) is 0 Å². The Morgan fingerprint density at radius 1 is 0.941 bits per heavy atom.